The van der Waals surface area contributed by atoms with Crippen LogP contribution in [0.3, 0.4) is 0 Å². The zero-order valence-electron chi connectivity index (χ0n) is 14.8. The molecule has 1 aliphatic rings. The van der Waals surface area contributed by atoms with Crippen molar-refractivity contribution in [2.75, 3.05) is 28.4 Å². The summed E-state index contributed by atoms with van der Waals surface area (Å²) in [5.41, 5.74) is 0.890. The van der Waals surface area contributed by atoms with Crippen LogP contribution in [-0.2, 0) is 0 Å². The first kappa shape index (κ1) is 17.5. The highest BCUT2D eigenvalue weighted by molar-refractivity contribution is 6.15. The van der Waals surface area contributed by atoms with Crippen molar-refractivity contribution in [1.29, 1.82) is 0 Å². The molecular weight excluding hydrogens is 340 g/mol. The molecule has 136 valence electrons. The van der Waals surface area contributed by atoms with Crippen LogP contribution in [-0.4, -0.2) is 39.3 Å². The first-order valence-electron chi connectivity index (χ1n) is 7.68. The second kappa shape index (κ2) is 6.87. The molecule has 0 fully saturated rings. The fourth-order valence-corrected chi connectivity index (χ4v) is 2.73. The third kappa shape index (κ3) is 2.77. The number of rotatable bonds is 5. The SMILES string of the molecule is COc1ccc(/C=C2\Oc3c(cc(OC)c(OC)c3OC)C2=O)cc1O. The molecule has 0 atom stereocenters. The van der Waals surface area contributed by atoms with Crippen LogP contribution in [0.4, 0.5) is 0 Å². The number of Topliss-reactive ketones (excluding diaryl/α,β-unsaturated/α-hetero) is 1. The number of phenols is 1. The number of methoxy groups -OCH3 is 4. The molecular formula is C19H18O7. The van der Waals surface area contributed by atoms with Crippen molar-refractivity contribution in [2.45, 2.75) is 0 Å². The molecule has 0 radical (unpaired) electrons. The van der Waals surface area contributed by atoms with Crippen molar-refractivity contribution in [3.8, 4) is 34.5 Å². The van der Waals surface area contributed by atoms with Gasteiger partial charge in [0.15, 0.2) is 28.8 Å². The molecule has 2 aromatic carbocycles. The fraction of sp³-hybridized carbons (Fsp3) is 0.211. The van der Waals surface area contributed by atoms with Gasteiger partial charge in [-0.2, -0.15) is 0 Å². The van der Waals surface area contributed by atoms with Gasteiger partial charge in [-0.1, -0.05) is 6.07 Å². The number of phenolic OH excluding ortho intramolecular Hbond substituents is 1. The topological polar surface area (TPSA) is 83.5 Å². The number of hydrogen-bond donors (Lipinski definition) is 1. The number of carbonyl (C=O) groups excluding carboxylic acids is 1. The number of aromatic hydroxyl groups is 1. The maximum Gasteiger partial charge on any atom is 0.232 e. The van der Waals surface area contributed by atoms with Crippen LogP contribution in [0.15, 0.2) is 30.0 Å². The lowest BCUT2D eigenvalue weighted by atomic mass is 10.1. The lowest BCUT2D eigenvalue weighted by Crippen LogP contribution is -1.99. The first-order valence-corrected chi connectivity index (χ1v) is 7.68. The minimum atomic E-state index is -0.324. The Balaban J connectivity index is 2.06. The van der Waals surface area contributed by atoms with E-state index in [4.69, 9.17) is 23.7 Å². The Bertz CT molecular complexity index is 899. The summed E-state index contributed by atoms with van der Waals surface area (Å²) in [7, 11) is 5.86. The van der Waals surface area contributed by atoms with E-state index in [0.717, 1.165) is 0 Å². The van der Waals surface area contributed by atoms with Gasteiger partial charge in [-0.05, 0) is 29.8 Å². The number of ether oxygens (including phenoxy) is 5. The van der Waals surface area contributed by atoms with Gasteiger partial charge in [0.1, 0.15) is 0 Å². The third-order valence-corrected chi connectivity index (χ3v) is 3.97. The minimum Gasteiger partial charge on any atom is -0.504 e. The van der Waals surface area contributed by atoms with Gasteiger partial charge < -0.3 is 28.8 Å². The largest absolute Gasteiger partial charge is 0.504 e. The highest BCUT2D eigenvalue weighted by atomic mass is 16.6. The van der Waals surface area contributed by atoms with Crippen molar-refractivity contribution < 1.29 is 33.6 Å². The lowest BCUT2D eigenvalue weighted by Gasteiger charge is -2.14. The maximum atomic E-state index is 12.7. The molecule has 1 heterocycles. The average molecular weight is 358 g/mol. The molecule has 0 amide bonds. The van der Waals surface area contributed by atoms with Crippen LogP contribution in [0.25, 0.3) is 6.08 Å². The summed E-state index contributed by atoms with van der Waals surface area (Å²) in [6.07, 6.45) is 1.53. The Hall–Kier alpha value is -3.35. The van der Waals surface area contributed by atoms with E-state index in [1.165, 1.54) is 40.6 Å². The predicted molar refractivity (Wildman–Crippen MR) is 93.7 cm³/mol. The van der Waals surface area contributed by atoms with E-state index in [9.17, 15) is 9.90 Å². The molecule has 1 N–H and O–H groups in total. The molecule has 0 aliphatic carbocycles. The molecule has 26 heavy (non-hydrogen) atoms. The summed E-state index contributed by atoms with van der Waals surface area (Å²) in [6, 6.07) is 6.32. The molecule has 2 aromatic rings. The third-order valence-electron chi connectivity index (χ3n) is 3.97. The molecule has 0 unspecified atom stereocenters. The summed E-state index contributed by atoms with van der Waals surface area (Å²) in [5.74, 6) is 1.31. The summed E-state index contributed by atoms with van der Waals surface area (Å²) in [6.45, 7) is 0. The molecule has 3 rings (SSSR count). The van der Waals surface area contributed by atoms with Crippen molar-refractivity contribution in [1.82, 2.24) is 0 Å². The van der Waals surface area contributed by atoms with Gasteiger partial charge in [-0.15, -0.1) is 0 Å². The van der Waals surface area contributed by atoms with Crippen LogP contribution in [0.1, 0.15) is 15.9 Å². The number of benzene rings is 2. The van der Waals surface area contributed by atoms with Gasteiger partial charge in [-0.25, -0.2) is 0 Å². The van der Waals surface area contributed by atoms with Gasteiger partial charge in [-0.3, -0.25) is 4.79 Å². The van der Waals surface area contributed by atoms with Crippen LogP contribution in [0.2, 0.25) is 0 Å². The number of hydrogen-bond acceptors (Lipinski definition) is 7. The number of carbonyl (C=O) groups is 1. The number of fused-ring (bicyclic) bond motifs is 1. The number of allylic oxidation sites excluding steroid dienone is 1. The highest BCUT2D eigenvalue weighted by Gasteiger charge is 2.34. The first-order chi connectivity index (χ1) is 12.5. The van der Waals surface area contributed by atoms with E-state index in [2.05, 4.69) is 0 Å². The molecule has 0 spiro atoms. The van der Waals surface area contributed by atoms with Gasteiger partial charge in [0.05, 0.1) is 34.0 Å². The zero-order chi connectivity index (χ0) is 18.8. The van der Waals surface area contributed by atoms with E-state index < -0.39 is 0 Å². The second-order valence-corrected chi connectivity index (χ2v) is 5.39. The Labute approximate surface area is 150 Å². The average Bonchev–Trinajstić information content (AvgIpc) is 2.95. The monoisotopic (exact) mass is 358 g/mol. The van der Waals surface area contributed by atoms with Crippen LogP contribution < -0.4 is 23.7 Å². The van der Waals surface area contributed by atoms with Gasteiger partial charge in [0.25, 0.3) is 0 Å². The van der Waals surface area contributed by atoms with Crippen molar-refractivity contribution in [3.63, 3.8) is 0 Å². The second-order valence-electron chi connectivity index (χ2n) is 5.39. The van der Waals surface area contributed by atoms with Gasteiger partial charge in [0, 0.05) is 0 Å². The molecule has 0 aromatic heterocycles. The Morgan fingerprint density at radius 2 is 1.62 bits per heavy atom. The van der Waals surface area contributed by atoms with E-state index in [0.29, 0.717) is 28.4 Å². The van der Waals surface area contributed by atoms with Gasteiger partial charge >= 0.3 is 0 Å². The Morgan fingerprint density at radius 1 is 0.923 bits per heavy atom. The summed E-state index contributed by atoms with van der Waals surface area (Å²) in [5, 5.41) is 9.89. The maximum absolute atomic E-state index is 12.7. The van der Waals surface area contributed by atoms with Crippen molar-refractivity contribution in [2.24, 2.45) is 0 Å². The van der Waals surface area contributed by atoms with E-state index >= 15 is 0 Å². The molecule has 0 bridgehead atoms. The molecule has 0 saturated carbocycles. The van der Waals surface area contributed by atoms with Crippen molar-refractivity contribution >= 4 is 11.9 Å². The zero-order valence-corrected chi connectivity index (χ0v) is 14.8. The van der Waals surface area contributed by atoms with Crippen molar-refractivity contribution in [3.05, 3.63) is 41.2 Å². The lowest BCUT2D eigenvalue weighted by molar-refractivity contribution is 0.101. The van der Waals surface area contributed by atoms with E-state index in [1.807, 2.05) is 0 Å². The summed E-state index contributed by atoms with van der Waals surface area (Å²) >= 11 is 0. The smallest absolute Gasteiger partial charge is 0.232 e. The number of ketones is 1. The quantitative estimate of drug-likeness (QED) is 0.823. The van der Waals surface area contributed by atoms with Crippen LogP contribution >= 0.6 is 0 Å². The fourth-order valence-electron chi connectivity index (χ4n) is 2.73. The van der Waals surface area contributed by atoms with Gasteiger partial charge in [0.2, 0.25) is 17.3 Å². The Kier molecular flexibility index (Phi) is 4.62. The van der Waals surface area contributed by atoms with E-state index in [-0.39, 0.29) is 28.8 Å². The van der Waals surface area contributed by atoms with E-state index in [1.54, 1.807) is 18.2 Å². The molecule has 7 heteroatoms. The normalized spacial score (nSPS) is 14.0. The predicted octanol–water partition coefficient (Wildman–Crippen LogP) is 3.04. The molecule has 7 nitrogen and oxygen atoms in total. The summed E-state index contributed by atoms with van der Waals surface area (Å²) < 4.78 is 26.7. The highest BCUT2D eigenvalue weighted by Crippen LogP contribution is 2.50. The standard InChI is InChI=1S/C19H18O7/c1-22-13-6-5-10(7-12(13)20)8-14-16(21)11-9-15(23-2)18(24-3)19(25-4)17(11)26-14/h5-9,20H,1-4H3/b14-8-. The molecule has 0 saturated heterocycles. The summed E-state index contributed by atoms with van der Waals surface area (Å²) in [4.78, 5) is 12.7. The molecule has 1 aliphatic heterocycles. The van der Waals surface area contributed by atoms with Crippen LogP contribution in [0.5, 0.6) is 34.5 Å². The van der Waals surface area contributed by atoms with Crippen LogP contribution in [0, 0.1) is 0 Å². The minimum absolute atomic E-state index is 0.0364. The Morgan fingerprint density at radius 3 is 2.19 bits per heavy atom.